The first-order valence-electron chi connectivity index (χ1n) is 8.78. The number of hydrogen-bond donors (Lipinski definition) is 1. The molecular weight excluding hydrogens is 322 g/mol. The van der Waals surface area contributed by atoms with Crippen LogP contribution in [-0.2, 0) is 4.74 Å². The van der Waals surface area contributed by atoms with Crippen LogP contribution in [-0.4, -0.2) is 67.0 Å². The Labute approximate surface area is 147 Å². The fourth-order valence-electron chi connectivity index (χ4n) is 3.85. The normalized spacial score (nSPS) is 27.6. The van der Waals surface area contributed by atoms with Gasteiger partial charge in [-0.05, 0) is 43.2 Å². The molecule has 2 amide bonds. The third-order valence-electron chi connectivity index (χ3n) is 5.33. The molecule has 1 aliphatic carbocycles. The summed E-state index contributed by atoms with van der Waals surface area (Å²) in [4.78, 5) is 18.3. The van der Waals surface area contributed by atoms with E-state index in [1.165, 1.54) is 12.8 Å². The van der Waals surface area contributed by atoms with E-state index in [9.17, 15) is 4.79 Å². The molecule has 24 heavy (non-hydrogen) atoms. The zero-order valence-electron chi connectivity index (χ0n) is 14.1. The van der Waals surface area contributed by atoms with Crippen molar-refractivity contribution >= 4 is 23.5 Å². The third kappa shape index (κ3) is 3.41. The van der Waals surface area contributed by atoms with Gasteiger partial charge in [-0.2, -0.15) is 0 Å². The Kier molecular flexibility index (Phi) is 4.70. The Morgan fingerprint density at radius 2 is 2.17 bits per heavy atom. The van der Waals surface area contributed by atoms with Gasteiger partial charge in [0, 0.05) is 36.3 Å². The molecule has 1 aromatic carbocycles. The number of anilines is 1. The molecule has 6 heteroatoms. The monoisotopic (exact) mass is 347 g/mol. The van der Waals surface area contributed by atoms with Crippen molar-refractivity contribution in [2.45, 2.75) is 29.8 Å². The van der Waals surface area contributed by atoms with Gasteiger partial charge in [0.25, 0.3) is 0 Å². The molecule has 5 nitrogen and oxygen atoms in total. The van der Waals surface area contributed by atoms with Crippen LogP contribution in [0.25, 0.3) is 0 Å². The molecule has 2 saturated heterocycles. The van der Waals surface area contributed by atoms with Crippen LogP contribution in [0.1, 0.15) is 12.8 Å². The molecular formula is C18H25N3O2S. The molecule has 0 spiro atoms. The van der Waals surface area contributed by atoms with E-state index in [0.29, 0.717) is 12.1 Å². The van der Waals surface area contributed by atoms with E-state index < -0.39 is 0 Å². The van der Waals surface area contributed by atoms with Gasteiger partial charge in [-0.25, -0.2) is 4.79 Å². The Morgan fingerprint density at radius 3 is 2.96 bits per heavy atom. The number of morpholine rings is 1. The SMILES string of the molecule is CSc1cccc(NC(=O)N2CCN3[C@@H](COC[C@@H]3C3CC3)C2)c1. The summed E-state index contributed by atoms with van der Waals surface area (Å²) in [6.07, 6.45) is 4.72. The number of carbonyl (C=O) groups is 1. The van der Waals surface area contributed by atoms with E-state index in [-0.39, 0.29) is 6.03 Å². The number of hydrogen-bond acceptors (Lipinski definition) is 4. The summed E-state index contributed by atoms with van der Waals surface area (Å²) in [5.41, 5.74) is 0.866. The van der Waals surface area contributed by atoms with Gasteiger partial charge in [0.05, 0.1) is 19.3 Å². The molecule has 0 radical (unpaired) electrons. The number of ether oxygens (including phenoxy) is 1. The molecule has 130 valence electrons. The maximum atomic E-state index is 12.6. The maximum Gasteiger partial charge on any atom is 0.321 e. The lowest BCUT2D eigenvalue weighted by molar-refractivity contribution is -0.0796. The number of benzene rings is 1. The molecule has 1 aromatic rings. The summed E-state index contributed by atoms with van der Waals surface area (Å²) in [5.74, 6) is 0.822. The number of urea groups is 1. The molecule has 1 saturated carbocycles. The summed E-state index contributed by atoms with van der Waals surface area (Å²) in [6.45, 7) is 4.14. The second kappa shape index (κ2) is 6.94. The third-order valence-corrected chi connectivity index (χ3v) is 6.05. The van der Waals surface area contributed by atoms with E-state index in [1.807, 2.05) is 29.4 Å². The molecule has 0 unspecified atom stereocenters. The Hall–Kier alpha value is -1.24. The van der Waals surface area contributed by atoms with Crippen molar-refractivity contribution in [1.82, 2.24) is 9.80 Å². The standard InChI is InChI=1S/C18H25N3O2S/c1-24-16-4-2-3-14(9-16)19-18(22)20-7-8-21-15(10-20)11-23-12-17(21)13-5-6-13/h2-4,9,13,15,17H,5-8,10-12H2,1H3,(H,19,22)/t15-,17-/m1/s1. The minimum absolute atomic E-state index is 0.00134. The molecule has 2 heterocycles. The zero-order valence-corrected chi connectivity index (χ0v) is 14.9. The molecule has 1 N–H and O–H groups in total. The van der Waals surface area contributed by atoms with Crippen LogP contribution >= 0.6 is 11.8 Å². The Bertz CT molecular complexity index is 608. The van der Waals surface area contributed by atoms with Gasteiger partial charge in [0.1, 0.15) is 0 Å². The second-order valence-corrected chi connectivity index (χ2v) is 7.82. The zero-order chi connectivity index (χ0) is 16.5. The van der Waals surface area contributed by atoms with Crippen molar-refractivity contribution in [3.05, 3.63) is 24.3 Å². The molecule has 3 fully saturated rings. The van der Waals surface area contributed by atoms with E-state index >= 15 is 0 Å². The molecule has 3 aliphatic rings. The van der Waals surface area contributed by atoms with Gasteiger partial charge >= 0.3 is 6.03 Å². The smallest absolute Gasteiger partial charge is 0.321 e. The molecule has 2 atom stereocenters. The van der Waals surface area contributed by atoms with E-state index in [0.717, 1.165) is 49.3 Å². The first-order chi connectivity index (χ1) is 11.7. The van der Waals surface area contributed by atoms with Crippen LogP contribution in [0.2, 0.25) is 0 Å². The van der Waals surface area contributed by atoms with Crippen molar-refractivity contribution in [3.63, 3.8) is 0 Å². The molecule has 2 aliphatic heterocycles. The predicted molar refractivity (Wildman–Crippen MR) is 96.6 cm³/mol. The second-order valence-electron chi connectivity index (χ2n) is 6.94. The molecule has 0 bridgehead atoms. The van der Waals surface area contributed by atoms with Gasteiger partial charge in [-0.1, -0.05) is 6.07 Å². The van der Waals surface area contributed by atoms with Crippen molar-refractivity contribution in [2.24, 2.45) is 5.92 Å². The van der Waals surface area contributed by atoms with Crippen molar-refractivity contribution < 1.29 is 9.53 Å². The number of nitrogens with zero attached hydrogens (tertiary/aromatic N) is 2. The lowest BCUT2D eigenvalue weighted by Gasteiger charge is -2.48. The van der Waals surface area contributed by atoms with Gasteiger partial charge in [0.2, 0.25) is 0 Å². The van der Waals surface area contributed by atoms with Gasteiger partial charge < -0.3 is 15.0 Å². The first-order valence-corrected chi connectivity index (χ1v) is 10.0. The summed E-state index contributed by atoms with van der Waals surface area (Å²) < 4.78 is 5.83. The number of amides is 2. The summed E-state index contributed by atoms with van der Waals surface area (Å²) in [7, 11) is 0. The Morgan fingerprint density at radius 1 is 1.29 bits per heavy atom. The topological polar surface area (TPSA) is 44.8 Å². The number of nitrogens with one attached hydrogen (secondary N) is 1. The van der Waals surface area contributed by atoms with E-state index in [2.05, 4.69) is 16.3 Å². The average Bonchev–Trinajstić information content (AvgIpc) is 3.46. The highest BCUT2D eigenvalue weighted by Crippen LogP contribution is 2.38. The van der Waals surface area contributed by atoms with Crippen LogP contribution in [0, 0.1) is 5.92 Å². The molecule has 4 rings (SSSR count). The average molecular weight is 347 g/mol. The number of carbonyl (C=O) groups excluding carboxylic acids is 1. The van der Waals surface area contributed by atoms with Gasteiger partial charge in [-0.15, -0.1) is 11.8 Å². The van der Waals surface area contributed by atoms with Gasteiger partial charge in [-0.3, -0.25) is 4.90 Å². The highest BCUT2D eigenvalue weighted by Gasteiger charge is 2.43. The maximum absolute atomic E-state index is 12.6. The van der Waals surface area contributed by atoms with Crippen LogP contribution < -0.4 is 5.32 Å². The van der Waals surface area contributed by atoms with Crippen LogP contribution in [0.4, 0.5) is 10.5 Å². The van der Waals surface area contributed by atoms with Crippen molar-refractivity contribution in [3.8, 4) is 0 Å². The summed E-state index contributed by atoms with van der Waals surface area (Å²) in [6, 6.07) is 8.92. The van der Waals surface area contributed by atoms with Crippen LogP contribution in [0.5, 0.6) is 0 Å². The number of piperazine rings is 1. The summed E-state index contributed by atoms with van der Waals surface area (Å²) in [5, 5.41) is 3.04. The Balaban J connectivity index is 1.37. The van der Waals surface area contributed by atoms with E-state index in [4.69, 9.17) is 4.74 Å². The number of thioether (sulfide) groups is 1. The highest BCUT2D eigenvalue weighted by molar-refractivity contribution is 7.98. The van der Waals surface area contributed by atoms with Gasteiger partial charge in [0.15, 0.2) is 0 Å². The largest absolute Gasteiger partial charge is 0.378 e. The van der Waals surface area contributed by atoms with Crippen LogP contribution in [0.3, 0.4) is 0 Å². The van der Waals surface area contributed by atoms with E-state index in [1.54, 1.807) is 11.8 Å². The molecule has 0 aromatic heterocycles. The van der Waals surface area contributed by atoms with Crippen molar-refractivity contribution in [1.29, 1.82) is 0 Å². The minimum atomic E-state index is 0.00134. The summed E-state index contributed by atoms with van der Waals surface area (Å²) >= 11 is 1.68. The lowest BCUT2D eigenvalue weighted by Crippen LogP contribution is -2.63. The number of fused-ring (bicyclic) bond motifs is 1. The lowest BCUT2D eigenvalue weighted by atomic mass is 10.0. The fraction of sp³-hybridized carbons (Fsp3) is 0.611. The highest BCUT2D eigenvalue weighted by atomic mass is 32.2. The van der Waals surface area contributed by atoms with Crippen molar-refractivity contribution in [2.75, 3.05) is 44.4 Å². The number of rotatable bonds is 3. The quantitative estimate of drug-likeness (QED) is 0.854. The fourth-order valence-corrected chi connectivity index (χ4v) is 4.31. The first kappa shape index (κ1) is 16.2. The predicted octanol–water partition coefficient (Wildman–Crippen LogP) is 2.74. The minimum Gasteiger partial charge on any atom is -0.378 e. The van der Waals surface area contributed by atoms with Crippen LogP contribution in [0.15, 0.2) is 29.2 Å².